The molecule has 0 aliphatic heterocycles. The van der Waals surface area contributed by atoms with Crippen molar-refractivity contribution in [3.63, 3.8) is 0 Å². The Balaban J connectivity index is 1.85. The molecule has 0 aliphatic rings. The number of halogens is 6. The number of nitrogens with one attached hydrogen (secondary N) is 1. The van der Waals surface area contributed by atoms with E-state index in [4.69, 9.17) is 34.8 Å². The summed E-state index contributed by atoms with van der Waals surface area (Å²) < 4.78 is 38.7. The molecular formula is C16H8Cl3F3N2S. The number of hydrogen-bond donors (Lipinski definition) is 1. The minimum Gasteiger partial charge on any atom is -0.332 e. The predicted octanol–water partition coefficient (Wildman–Crippen LogP) is 7.53. The first-order valence-corrected chi connectivity index (χ1v) is 8.80. The van der Waals surface area contributed by atoms with Gasteiger partial charge in [-0.25, -0.2) is 4.98 Å². The third kappa shape index (κ3) is 4.20. The molecule has 25 heavy (non-hydrogen) atoms. The van der Waals surface area contributed by atoms with Crippen LogP contribution in [0.1, 0.15) is 5.56 Å². The summed E-state index contributed by atoms with van der Waals surface area (Å²) in [6.07, 6.45) is -4.52. The maximum absolute atomic E-state index is 12.9. The highest BCUT2D eigenvalue weighted by Gasteiger charge is 2.33. The van der Waals surface area contributed by atoms with Crippen molar-refractivity contribution in [3.05, 3.63) is 62.4 Å². The highest BCUT2D eigenvalue weighted by atomic mass is 35.5. The Morgan fingerprint density at radius 1 is 0.920 bits per heavy atom. The molecule has 9 heteroatoms. The quantitative estimate of drug-likeness (QED) is 0.471. The minimum atomic E-state index is -4.52. The average molecular weight is 424 g/mol. The highest BCUT2D eigenvalue weighted by molar-refractivity contribution is 7.14. The van der Waals surface area contributed by atoms with Crippen molar-refractivity contribution < 1.29 is 13.2 Å². The second kappa shape index (κ2) is 7.03. The Hall–Kier alpha value is -1.47. The Morgan fingerprint density at radius 2 is 1.64 bits per heavy atom. The zero-order valence-electron chi connectivity index (χ0n) is 12.2. The number of hydrogen-bond acceptors (Lipinski definition) is 3. The lowest BCUT2D eigenvalue weighted by Gasteiger charge is -2.11. The van der Waals surface area contributed by atoms with Crippen LogP contribution in [0.3, 0.4) is 0 Å². The number of benzene rings is 2. The van der Waals surface area contributed by atoms with Gasteiger partial charge in [-0.1, -0.05) is 40.9 Å². The predicted molar refractivity (Wildman–Crippen MR) is 97.3 cm³/mol. The van der Waals surface area contributed by atoms with Crippen LogP contribution < -0.4 is 5.32 Å². The molecule has 130 valence electrons. The number of nitrogens with zero attached hydrogens (tertiary/aromatic N) is 1. The normalized spacial score (nSPS) is 11.6. The lowest BCUT2D eigenvalue weighted by atomic mass is 10.2. The second-order valence-electron chi connectivity index (χ2n) is 4.98. The summed E-state index contributed by atoms with van der Waals surface area (Å²) in [4.78, 5) is 4.35. The van der Waals surface area contributed by atoms with E-state index < -0.39 is 11.7 Å². The summed E-state index contributed by atoms with van der Waals surface area (Å²) in [5.74, 6) is 0. The van der Waals surface area contributed by atoms with Gasteiger partial charge in [0.15, 0.2) is 5.13 Å². The smallest absolute Gasteiger partial charge is 0.332 e. The van der Waals surface area contributed by atoms with Gasteiger partial charge in [-0.2, -0.15) is 13.2 Å². The van der Waals surface area contributed by atoms with Gasteiger partial charge < -0.3 is 5.32 Å². The van der Waals surface area contributed by atoms with Crippen molar-refractivity contribution in [2.45, 2.75) is 6.18 Å². The van der Waals surface area contributed by atoms with E-state index in [9.17, 15) is 13.2 Å². The molecule has 0 spiro atoms. The Labute approximate surface area is 160 Å². The highest BCUT2D eigenvalue weighted by Crippen LogP contribution is 2.37. The third-order valence-electron chi connectivity index (χ3n) is 3.24. The number of alkyl halides is 3. The number of thiazole rings is 1. The van der Waals surface area contributed by atoms with Crippen molar-refractivity contribution in [2.75, 3.05) is 5.32 Å². The summed E-state index contributed by atoms with van der Waals surface area (Å²) in [6, 6.07) is 8.69. The summed E-state index contributed by atoms with van der Waals surface area (Å²) in [5.41, 5.74) is 0.731. The first kappa shape index (κ1) is 18.3. The van der Waals surface area contributed by atoms with Gasteiger partial charge in [-0.15, -0.1) is 11.3 Å². The molecule has 0 bridgehead atoms. The van der Waals surface area contributed by atoms with Crippen LogP contribution in [-0.4, -0.2) is 4.98 Å². The molecule has 0 radical (unpaired) electrons. The van der Waals surface area contributed by atoms with Crippen molar-refractivity contribution in [2.24, 2.45) is 0 Å². The van der Waals surface area contributed by atoms with Crippen LogP contribution in [0.2, 0.25) is 15.1 Å². The lowest BCUT2D eigenvalue weighted by Crippen LogP contribution is -2.06. The molecule has 3 aromatic rings. The molecule has 2 nitrogen and oxygen atoms in total. The first-order chi connectivity index (χ1) is 11.7. The van der Waals surface area contributed by atoms with Gasteiger partial charge in [0, 0.05) is 16.6 Å². The fourth-order valence-corrected chi connectivity index (χ4v) is 3.33. The van der Waals surface area contributed by atoms with Gasteiger partial charge in [0.25, 0.3) is 0 Å². The molecule has 0 saturated carbocycles. The minimum absolute atomic E-state index is 0.242. The number of rotatable bonds is 3. The van der Waals surface area contributed by atoms with E-state index in [-0.39, 0.29) is 10.7 Å². The molecule has 0 atom stereocenters. The van der Waals surface area contributed by atoms with Gasteiger partial charge in [-0.3, -0.25) is 0 Å². The van der Waals surface area contributed by atoms with Crippen LogP contribution in [-0.2, 0) is 6.18 Å². The molecule has 0 amide bonds. The number of anilines is 2. The van der Waals surface area contributed by atoms with E-state index in [2.05, 4.69) is 10.3 Å². The molecule has 0 fully saturated rings. The van der Waals surface area contributed by atoms with Crippen LogP contribution in [0, 0.1) is 0 Å². The summed E-state index contributed by atoms with van der Waals surface area (Å²) in [5, 5.41) is 5.53. The van der Waals surface area contributed by atoms with Crippen LogP contribution in [0.25, 0.3) is 11.3 Å². The Bertz CT molecular complexity index is 925. The fourth-order valence-electron chi connectivity index (χ4n) is 2.06. The van der Waals surface area contributed by atoms with E-state index in [1.165, 1.54) is 23.5 Å². The maximum atomic E-state index is 12.9. The van der Waals surface area contributed by atoms with Gasteiger partial charge in [0.2, 0.25) is 0 Å². The summed E-state index contributed by atoms with van der Waals surface area (Å²) in [7, 11) is 0. The summed E-state index contributed by atoms with van der Waals surface area (Å²) in [6.45, 7) is 0. The van der Waals surface area contributed by atoms with Gasteiger partial charge in [0.1, 0.15) is 0 Å². The SMILES string of the molecule is FC(F)(F)c1cc(Nc2nc(-c3ccc(Cl)c(Cl)c3)cs2)ccc1Cl. The number of aromatic nitrogens is 1. The zero-order valence-corrected chi connectivity index (χ0v) is 15.2. The maximum Gasteiger partial charge on any atom is 0.417 e. The lowest BCUT2D eigenvalue weighted by molar-refractivity contribution is -0.137. The third-order valence-corrected chi connectivity index (χ3v) is 5.07. The molecule has 1 aromatic heterocycles. The van der Waals surface area contributed by atoms with Crippen molar-refractivity contribution in [1.29, 1.82) is 0 Å². The molecule has 2 aromatic carbocycles. The Morgan fingerprint density at radius 3 is 2.32 bits per heavy atom. The zero-order chi connectivity index (χ0) is 18.2. The molecule has 1 heterocycles. The van der Waals surface area contributed by atoms with E-state index >= 15 is 0 Å². The topological polar surface area (TPSA) is 24.9 Å². The molecule has 0 aliphatic carbocycles. The standard InChI is InChI=1S/C16H8Cl3F3N2S/c17-11-4-2-9(6-10(11)16(20,21)22)23-15-24-14(7-25-15)8-1-3-12(18)13(19)5-8/h1-7H,(H,23,24). The first-order valence-electron chi connectivity index (χ1n) is 6.79. The Kier molecular flexibility index (Phi) is 5.16. The largest absolute Gasteiger partial charge is 0.417 e. The van der Waals surface area contributed by atoms with E-state index in [0.717, 1.165) is 11.6 Å². The molecule has 0 unspecified atom stereocenters. The molecular weight excluding hydrogens is 416 g/mol. The van der Waals surface area contributed by atoms with Crippen LogP contribution in [0.5, 0.6) is 0 Å². The van der Waals surface area contributed by atoms with Gasteiger partial charge in [0.05, 0.1) is 26.3 Å². The summed E-state index contributed by atoms with van der Waals surface area (Å²) >= 11 is 18.7. The van der Waals surface area contributed by atoms with Crippen molar-refractivity contribution in [1.82, 2.24) is 4.98 Å². The molecule has 1 N–H and O–H groups in total. The van der Waals surface area contributed by atoms with Gasteiger partial charge >= 0.3 is 6.18 Å². The van der Waals surface area contributed by atoms with Crippen molar-refractivity contribution in [3.8, 4) is 11.3 Å². The van der Waals surface area contributed by atoms with Crippen molar-refractivity contribution >= 4 is 57.0 Å². The van der Waals surface area contributed by atoms with Crippen LogP contribution >= 0.6 is 46.1 Å². The second-order valence-corrected chi connectivity index (χ2v) is 7.06. The average Bonchev–Trinajstić information content (AvgIpc) is 2.99. The van der Waals surface area contributed by atoms with E-state index in [1.54, 1.807) is 23.6 Å². The monoisotopic (exact) mass is 422 g/mol. The molecule has 0 saturated heterocycles. The van der Waals surface area contributed by atoms with Crippen LogP contribution in [0.15, 0.2) is 41.8 Å². The van der Waals surface area contributed by atoms with E-state index in [1.807, 2.05) is 0 Å². The molecule has 3 rings (SSSR count). The van der Waals surface area contributed by atoms with Crippen LogP contribution in [0.4, 0.5) is 24.0 Å². The fraction of sp³-hybridized carbons (Fsp3) is 0.0625. The van der Waals surface area contributed by atoms with E-state index in [0.29, 0.717) is 20.9 Å². The van der Waals surface area contributed by atoms with Gasteiger partial charge in [-0.05, 0) is 30.3 Å².